The van der Waals surface area contributed by atoms with Crippen LogP contribution in [0.4, 0.5) is 0 Å². The van der Waals surface area contributed by atoms with Crippen molar-refractivity contribution in [2.45, 2.75) is 62.4 Å². The second-order valence-corrected chi connectivity index (χ2v) is 7.96. The minimum atomic E-state index is 0.314. The van der Waals surface area contributed by atoms with Crippen molar-refractivity contribution in [3.63, 3.8) is 0 Å². The minimum Gasteiger partial charge on any atom is -0.299 e. The van der Waals surface area contributed by atoms with Crippen LogP contribution in [0, 0.1) is 5.92 Å². The molecule has 0 bridgehead atoms. The van der Waals surface area contributed by atoms with Crippen LogP contribution in [0.1, 0.15) is 38.5 Å². The van der Waals surface area contributed by atoms with Crippen LogP contribution >= 0.6 is 11.8 Å². The van der Waals surface area contributed by atoms with Crippen LogP contribution in [0.5, 0.6) is 0 Å². The molecule has 0 aromatic carbocycles. The molecule has 5 atom stereocenters. The first-order valence-corrected chi connectivity index (χ1v) is 9.96. The van der Waals surface area contributed by atoms with Gasteiger partial charge in [0.15, 0.2) is 0 Å². The minimum absolute atomic E-state index is 0.314. The third kappa shape index (κ3) is 2.86. The molecule has 5 unspecified atom stereocenters. The van der Waals surface area contributed by atoms with E-state index < -0.39 is 0 Å². The van der Waals surface area contributed by atoms with E-state index in [2.05, 4.69) is 32.2 Å². The molecular weight excluding hydrogens is 282 g/mol. The largest absolute Gasteiger partial charge is 0.299 e. The Kier molecular flexibility index (Phi) is 4.44. The molecule has 3 N–H and O–H groups in total. The molecule has 0 radical (unpaired) electrons. The van der Waals surface area contributed by atoms with Crippen LogP contribution in [-0.2, 0) is 0 Å². The predicted octanol–water partition coefficient (Wildman–Crippen LogP) is 0.953. The molecule has 0 aromatic rings. The predicted molar refractivity (Wildman–Crippen MR) is 87.5 cm³/mol. The standard InChI is InChI=1S/C15H29N5S/c1-21-15-17-14-16-13-11(10-20(14)18-15)6-5-7-12(13)19-8-3-2-4-9-19/h11-18H,2-10H2,1H3. The van der Waals surface area contributed by atoms with Crippen molar-refractivity contribution < 1.29 is 0 Å². The van der Waals surface area contributed by atoms with Gasteiger partial charge in [0, 0.05) is 18.6 Å². The van der Waals surface area contributed by atoms with Crippen molar-refractivity contribution in [1.29, 1.82) is 0 Å². The molecular formula is C15H29N5S. The lowest BCUT2D eigenvalue weighted by Gasteiger charge is -2.50. The van der Waals surface area contributed by atoms with Crippen molar-refractivity contribution in [3.8, 4) is 0 Å². The summed E-state index contributed by atoms with van der Waals surface area (Å²) in [7, 11) is 0. The quantitative estimate of drug-likeness (QED) is 0.706. The fourth-order valence-electron chi connectivity index (χ4n) is 4.72. The number of nitrogens with zero attached hydrogens (tertiary/aromatic N) is 2. The van der Waals surface area contributed by atoms with E-state index in [0.29, 0.717) is 17.8 Å². The zero-order valence-electron chi connectivity index (χ0n) is 13.1. The Morgan fingerprint density at radius 3 is 2.67 bits per heavy atom. The molecule has 1 aliphatic carbocycles. The number of hydrazine groups is 1. The normalized spacial score (nSPS) is 45.3. The lowest BCUT2D eigenvalue weighted by molar-refractivity contribution is -0.0139. The van der Waals surface area contributed by atoms with E-state index in [1.807, 2.05) is 11.8 Å². The zero-order chi connectivity index (χ0) is 14.2. The van der Waals surface area contributed by atoms with E-state index in [0.717, 1.165) is 12.0 Å². The van der Waals surface area contributed by atoms with E-state index in [9.17, 15) is 0 Å². The van der Waals surface area contributed by atoms with Gasteiger partial charge in [-0.1, -0.05) is 12.8 Å². The topological polar surface area (TPSA) is 42.6 Å². The number of piperidine rings is 1. The smallest absolute Gasteiger partial charge is 0.129 e. The Balaban J connectivity index is 1.46. The Morgan fingerprint density at radius 2 is 1.86 bits per heavy atom. The summed E-state index contributed by atoms with van der Waals surface area (Å²) in [5, 5.41) is 9.96. The van der Waals surface area contributed by atoms with Crippen LogP contribution in [0.3, 0.4) is 0 Å². The molecule has 21 heavy (non-hydrogen) atoms. The van der Waals surface area contributed by atoms with Crippen LogP contribution in [-0.4, -0.2) is 59.7 Å². The molecule has 1 saturated carbocycles. The molecule has 4 fully saturated rings. The average Bonchev–Trinajstić information content (AvgIpc) is 2.95. The first-order valence-electron chi connectivity index (χ1n) is 8.67. The highest BCUT2D eigenvalue weighted by Gasteiger charge is 2.45. The number of hydrogen-bond donors (Lipinski definition) is 3. The fraction of sp³-hybridized carbons (Fsp3) is 1.00. The molecule has 4 rings (SSSR count). The molecule has 120 valence electrons. The Hall–Kier alpha value is 0.150. The highest BCUT2D eigenvalue weighted by atomic mass is 32.2. The highest BCUT2D eigenvalue weighted by molar-refractivity contribution is 7.99. The SMILES string of the molecule is CSC1NC2NC3C(CCCC3N3CCCCC3)CN2N1. The van der Waals surface area contributed by atoms with E-state index in [-0.39, 0.29) is 0 Å². The summed E-state index contributed by atoms with van der Waals surface area (Å²) in [4.78, 5) is 2.79. The van der Waals surface area contributed by atoms with Crippen LogP contribution in [0.15, 0.2) is 0 Å². The lowest BCUT2D eigenvalue weighted by atomic mass is 9.78. The van der Waals surface area contributed by atoms with Gasteiger partial charge in [-0.15, -0.1) is 11.8 Å². The van der Waals surface area contributed by atoms with Gasteiger partial charge < -0.3 is 0 Å². The summed E-state index contributed by atoms with van der Waals surface area (Å²) in [6.07, 6.45) is 10.9. The van der Waals surface area contributed by atoms with Crippen LogP contribution in [0.25, 0.3) is 0 Å². The van der Waals surface area contributed by atoms with Crippen molar-refractivity contribution in [2.75, 3.05) is 25.9 Å². The van der Waals surface area contributed by atoms with Crippen LogP contribution < -0.4 is 16.1 Å². The van der Waals surface area contributed by atoms with Gasteiger partial charge in [-0.3, -0.25) is 15.5 Å². The summed E-state index contributed by atoms with van der Waals surface area (Å²) in [6.45, 7) is 3.84. The first-order chi connectivity index (χ1) is 10.3. The zero-order valence-corrected chi connectivity index (χ0v) is 13.9. The molecule has 3 heterocycles. The second kappa shape index (κ2) is 6.34. The maximum atomic E-state index is 3.93. The van der Waals surface area contributed by atoms with E-state index in [1.165, 1.54) is 58.2 Å². The number of likely N-dealkylation sites (tertiary alicyclic amines) is 1. The maximum Gasteiger partial charge on any atom is 0.129 e. The number of nitrogens with one attached hydrogen (secondary N) is 3. The van der Waals surface area contributed by atoms with Gasteiger partial charge in [-0.2, -0.15) is 0 Å². The van der Waals surface area contributed by atoms with Gasteiger partial charge in [-0.05, 0) is 50.9 Å². The van der Waals surface area contributed by atoms with Gasteiger partial charge in [0.1, 0.15) is 11.8 Å². The van der Waals surface area contributed by atoms with Crippen LogP contribution in [0.2, 0.25) is 0 Å². The van der Waals surface area contributed by atoms with Gasteiger partial charge in [0.05, 0.1) is 0 Å². The van der Waals surface area contributed by atoms with Gasteiger partial charge >= 0.3 is 0 Å². The van der Waals surface area contributed by atoms with Crippen molar-refractivity contribution in [1.82, 2.24) is 26.0 Å². The molecule has 6 heteroatoms. The molecule has 3 aliphatic heterocycles. The third-order valence-electron chi connectivity index (χ3n) is 5.78. The summed E-state index contributed by atoms with van der Waals surface area (Å²) in [6, 6.07) is 1.44. The maximum absolute atomic E-state index is 3.93. The monoisotopic (exact) mass is 311 g/mol. The molecule has 4 aliphatic rings. The van der Waals surface area contributed by atoms with Crippen molar-refractivity contribution in [3.05, 3.63) is 0 Å². The van der Waals surface area contributed by atoms with Gasteiger partial charge in [0.2, 0.25) is 0 Å². The number of hydrogen-bond acceptors (Lipinski definition) is 6. The Bertz CT molecular complexity index is 362. The molecule has 5 nitrogen and oxygen atoms in total. The van der Waals surface area contributed by atoms with E-state index in [4.69, 9.17) is 0 Å². The number of fused-ring (bicyclic) bond motifs is 2. The average molecular weight is 311 g/mol. The summed E-state index contributed by atoms with van der Waals surface area (Å²) in [5.41, 5.74) is 3.94. The van der Waals surface area contributed by atoms with E-state index in [1.54, 1.807) is 0 Å². The number of thioether (sulfide) groups is 1. The Labute approximate surface area is 132 Å². The summed E-state index contributed by atoms with van der Waals surface area (Å²) < 4.78 is 0. The second-order valence-electron chi connectivity index (χ2n) is 7.01. The molecule has 3 saturated heterocycles. The van der Waals surface area contributed by atoms with Crippen molar-refractivity contribution >= 4 is 11.8 Å². The lowest BCUT2D eigenvalue weighted by Crippen LogP contribution is -2.68. The van der Waals surface area contributed by atoms with Crippen molar-refractivity contribution in [2.24, 2.45) is 5.92 Å². The fourth-order valence-corrected chi connectivity index (χ4v) is 5.23. The van der Waals surface area contributed by atoms with Gasteiger partial charge in [0.25, 0.3) is 0 Å². The Morgan fingerprint density at radius 1 is 1.00 bits per heavy atom. The summed E-state index contributed by atoms with van der Waals surface area (Å²) >= 11 is 1.85. The highest BCUT2D eigenvalue weighted by Crippen LogP contribution is 2.34. The molecule has 0 aromatic heterocycles. The molecule has 0 amide bonds. The first kappa shape index (κ1) is 14.7. The molecule has 0 spiro atoms. The van der Waals surface area contributed by atoms with E-state index >= 15 is 0 Å². The summed E-state index contributed by atoms with van der Waals surface area (Å²) in [5.74, 6) is 0.803. The third-order valence-corrected chi connectivity index (χ3v) is 6.49. The number of rotatable bonds is 2. The van der Waals surface area contributed by atoms with Gasteiger partial charge in [-0.25, -0.2) is 10.4 Å².